The molecule has 1 amide bonds. The molecule has 3 rings (SSSR count). The number of hydrogen-bond acceptors (Lipinski definition) is 4. The van der Waals surface area contributed by atoms with E-state index in [9.17, 15) is 13.2 Å². The van der Waals surface area contributed by atoms with Crippen molar-refractivity contribution in [2.24, 2.45) is 0 Å². The summed E-state index contributed by atoms with van der Waals surface area (Å²) in [5.41, 5.74) is 1.54. The summed E-state index contributed by atoms with van der Waals surface area (Å²) >= 11 is 5.99. The molecule has 1 N–H and O–H groups in total. The van der Waals surface area contributed by atoms with Crippen molar-refractivity contribution in [3.05, 3.63) is 59.1 Å². The number of amides is 1. The van der Waals surface area contributed by atoms with E-state index in [0.29, 0.717) is 16.5 Å². The Bertz CT molecular complexity index is 950. The third kappa shape index (κ3) is 4.97. The number of aryl methyl sites for hydroxylation is 1. The average molecular weight is 423 g/mol. The van der Waals surface area contributed by atoms with Crippen LogP contribution in [0.4, 0.5) is 5.69 Å². The first-order valence-electron chi connectivity index (χ1n) is 9.02. The van der Waals surface area contributed by atoms with Crippen LogP contribution in [-0.2, 0) is 21.2 Å². The van der Waals surface area contributed by atoms with E-state index in [1.54, 1.807) is 12.1 Å². The molecule has 28 heavy (non-hydrogen) atoms. The van der Waals surface area contributed by atoms with E-state index in [1.165, 1.54) is 11.6 Å². The molecule has 6 nitrogen and oxygen atoms in total. The summed E-state index contributed by atoms with van der Waals surface area (Å²) in [5, 5.41) is 3.32. The number of nitrogens with zero attached hydrogens (tertiary/aromatic N) is 1. The van der Waals surface area contributed by atoms with Crippen LogP contribution in [0.3, 0.4) is 0 Å². The highest BCUT2D eigenvalue weighted by Gasteiger charge is 2.35. The van der Waals surface area contributed by atoms with Gasteiger partial charge in [-0.15, -0.1) is 0 Å². The number of ether oxygens (including phenoxy) is 1. The fourth-order valence-corrected chi connectivity index (χ4v) is 4.18. The quantitative estimate of drug-likeness (QED) is 0.776. The molecule has 150 valence electrons. The molecule has 0 unspecified atom stereocenters. The number of sulfonamides is 1. The van der Waals surface area contributed by atoms with Gasteiger partial charge in [0.1, 0.15) is 5.75 Å². The van der Waals surface area contributed by atoms with Gasteiger partial charge in [0.25, 0.3) is 5.91 Å². The Morgan fingerprint density at radius 2 is 2.00 bits per heavy atom. The first-order chi connectivity index (χ1) is 13.2. The van der Waals surface area contributed by atoms with Gasteiger partial charge < -0.3 is 10.1 Å². The number of halogens is 1. The fraction of sp³-hybridized carbons (Fsp3) is 0.350. The summed E-state index contributed by atoms with van der Waals surface area (Å²) in [6.07, 6.45) is 1.78. The minimum absolute atomic E-state index is 0.0744. The molecule has 2 aromatic carbocycles. The monoisotopic (exact) mass is 422 g/mol. The molecule has 8 heteroatoms. The van der Waals surface area contributed by atoms with Crippen LogP contribution in [0.25, 0.3) is 0 Å². The Morgan fingerprint density at radius 3 is 2.68 bits per heavy atom. The van der Waals surface area contributed by atoms with E-state index in [2.05, 4.69) is 5.32 Å². The molecule has 0 bridgehead atoms. The van der Waals surface area contributed by atoms with E-state index in [0.717, 1.165) is 23.4 Å². The molecule has 0 aliphatic carbocycles. The van der Waals surface area contributed by atoms with Gasteiger partial charge in [-0.2, -0.15) is 0 Å². The van der Waals surface area contributed by atoms with Crippen LogP contribution in [0.2, 0.25) is 5.02 Å². The first-order valence-corrected chi connectivity index (χ1v) is 11.2. The van der Waals surface area contributed by atoms with E-state index in [-0.39, 0.29) is 18.5 Å². The molecule has 1 aliphatic heterocycles. The molecule has 2 atom stereocenters. The highest BCUT2D eigenvalue weighted by molar-refractivity contribution is 7.92. The van der Waals surface area contributed by atoms with Crippen molar-refractivity contribution < 1.29 is 17.9 Å². The molecule has 0 saturated carbocycles. The Hall–Kier alpha value is -2.25. The second kappa shape index (κ2) is 8.41. The second-order valence-electron chi connectivity index (χ2n) is 6.95. The Kier molecular flexibility index (Phi) is 6.15. The molecule has 0 spiro atoms. The van der Waals surface area contributed by atoms with Crippen molar-refractivity contribution in [3.63, 3.8) is 0 Å². The minimum Gasteiger partial charge on any atom is -0.476 e. The first kappa shape index (κ1) is 20.5. The summed E-state index contributed by atoms with van der Waals surface area (Å²) in [4.78, 5) is 12.7. The van der Waals surface area contributed by atoms with Crippen molar-refractivity contribution in [1.29, 1.82) is 0 Å². The summed E-state index contributed by atoms with van der Waals surface area (Å²) in [7, 11) is -3.58. The molecular formula is C20H23ClN2O4S. The average Bonchev–Trinajstić information content (AvgIpc) is 2.65. The van der Waals surface area contributed by atoms with Gasteiger partial charge in [0.2, 0.25) is 10.0 Å². The van der Waals surface area contributed by atoms with E-state index < -0.39 is 16.1 Å². The maximum atomic E-state index is 12.7. The van der Waals surface area contributed by atoms with Gasteiger partial charge in [-0.1, -0.05) is 41.9 Å². The normalized spacial score (nSPS) is 17.4. The molecule has 0 aromatic heterocycles. The Labute approximate surface area is 170 Å². The lowest BCUT2D eigenvalue weighted by molar-refractivity contribution is -0.128. The molecule has 2 aromatic rings. The number of carbonyl (C=O) groups is 1. The smallest absolute Gasteiger partial charge is 0.263 e. The van der Waals surface area contributed by atoms with Crippen LogP contribution in [0.5, 0.6) is 5.75 Å². The topological polar surface area (TPSA) is 75.7 Å². The summed E-state index contributed by atoms with van der Waals surface area (Å²) in [6, 6.07) is 14.7. The second-order valence-corrected chi connectivity index (χ2v) is 9.29. The number of hydrogen-bond donors (Lipinski definition) is 1. The van der Waals surface area contributed by atoms with Crippen molar-refractivity contribution in [1.82, 2.24) is 5.32 Å². The Balaban J connectivity index is 1.67. The highest BCUT2D eigenvalue weighted by atomic mass is 35.5. The molecule has 0 saturated heterocycles. The zero-order valence-corrected chi connectivity index (χ0v) is 17.3. The third-order valence-electron chi connectivity index (χ3n) is 4.58. The Morgan fingerprint density at radius 1 is 1.29 bits per heavy atom. The standard InChI is InChI=1S/C20H23ClN2O4S/c1-14(8-9-15-6-4-3-5-7-15)22-20(24)19-13-23(28(2,25)26)17-12-16(21)10-11-18(17)27-19/h3-7,10-12,14,19H,8-9,13H2,1-2H3,(H,22,24)/t14-,19+/m0/s1. The van der Waals surface area contributed by atoms with Crippen LogP contribution in [0, 0.1) is 0 Å². The lowest BCUT2D eigenvalue weighted by Crippen LogP contribution is -2.52. The number of benzene rings is 2. The molecule has 0 radical (unpaired) electrons. The van der Waals surface area contributed by atoms with Gasteiger partial charge in [-0.05, 0) is 43.5 Å². The zero-order chi connectivity index (χ0) is 20.3. The van der Waals surface area contributed by atoms with Crippen molar-refractivity contribution >= 4 is 33.2 Å². The molecule has 1 aliphatic rings. The van der Waals surface area contributed by atoms with E-state index in [1.807, 2.05) is 37.3 Å². The maximum Gasteiger partial charge on any atom is 0.263 e. The zero-order valence-electron chi connectivity index (χ0n) is 15.8. The number of nitrogens with one attached hydrogen (secondary N) is 1. The van der Waals surface area contributed by atoms with Gasteiger partial charge in [-0.3, -0.25) is 9.10 Å². The minimum atomic E-state index is -3.58. The summed E-state index contributed by atoms with van der Waals surface area (Å²) in [6.45, 7) is 1.83. The number of fused-ring (bicyclic) bond motifs is 1. The van der Waals surface area contributed by atoms with Crippen LogP contribution in [-0.4, -0.2) is 39.3 Å². The van der Waals surface area contributed by atoms with Crippen LogP contribution in [0.1, 0.15) is 18.9 Å². The SMILES string of the molecule is C[C@@H](CCc1ccccc1)NC(=O)[C@H]1CN(S(C)(=O)=O)c2cc(Cl)ccc2O1. The van der Waals surface area contributed by atoms with Crippen LogP contribution < -0.4 is 14.4 Å². The van der Waals surface area contributed by atoms with Crippen LogP contribution in [0.15, 0.2) is 48.5 Å². The lowest BCUT2D eigenvalue weighted by Gasteiger charge is -2.34. The van der Waals surface area contributed by atoms with Crippen molar-refractivity contribution in [3.8, 4) is 5.75 Å². The number of rotatable bonds is 6. The van der Waals surface area contributed by atoms with E-state index >= 15 is 0 Å². The van der Waals surface area contributed by atoms with Crippen molar-refractivity contribution in [2.75, 3.05) is 17.1 Å². The van der Waals surface area contributed by atoms with Gasteiger partial charge in [0.15, 0.2) is 6.10 Å². The summed E-state index contributed by atoms with van der Waals surface area (Å²) in [5.74, 6) is -0.0204. The van der Waals surface area contributed by atoms with Gasteiger partial charge in [0.05, 0.1) is 18.5 Å². The molecule has 0 fully saturated rings. The number of carbonyl (C=O) groups excluding carboxylic acids is 1. The maximum absolute atomic E-state index is 12.7. The lowest BCUT2D eigenvalue weighted by atomic mass is 10.1. The van der Waals surface area contributed by atoms with E-state index in [4.69, 9.17) is 16.3 Å². The van der Waals surface area contributed by atoms with Gasteiger partial charge in [-0.25, -0.2) is 8.42 Å². The van der Waals surface area contributed by atoms with Gasteiger partial charge in [0, 0.05) is 11.1 Å². The molecule has 1 heterocycles. The highest BCUT2D eigenvalue weighted by Crippen LogP contribution is 2.37. The predicted molar refractivity (Wildman–Crippen MR) is 110 cm³/mol. The fourth-order valence-electron chi connectivity index (χ4n) is 3.11. The third-order valence-corrected chi connectivity index (χ3v) is 5.96. The summed E-state index contributed by atoms with van der Waals surface area (Å²) < 4.78 is 31.3. The largest absolute Gasteiger partial charge is 0.476 e. The predicted octanol–water partition coefficient (Wildman–Crippen LogP) is 3.00. The number of anilines is 1. The van der Waals surface area contributed by atoms with Gasteiger partial charge >= 0.3 is 0 Å². The van der Waals surface area contributed by atoms with Crippen molar-refractivity contribution in [2.45, 2.75) is 31.9 Å². The van der Waals surface area contributed by atoms with Crippen LogP contribution >= 0.6 is 11.6 Å². The molecular weight excluding hydrogens is 400 g/mol.